The van der Waals surface area contributed by atoms with Gasteiger partial charge in [0, 0.05) is 42.4 Å². The van der Waals surface area contributed by atoms with Gasteiger partial charge in [0.15, 0.2) is 5.82 Å². The number of rotatable bonds is 3. The number of nitrogens with zero attached hydrogens (tertiary/aromatic N) is 3. The van der Waals surface area contributed by atoms with Crippen molar-refractivity contribution in [1.82, 2.24) is 14.9 Å². The molecule has 2 aromatic rings. The second kappa shape index (κ2) is 7.56. The molecule has 1 aromatic carbocycles. The van der Waals surface area contributed by atoms with E-state index >= 15 is 0 Å². The summed E-state index contributed by atoms with van der Waals surface area (Å²) in [6.07, 6.45) is 8.58. The van der Waals surface area contributed by atoms with Crippen LogP contribution in [-0.4, -0.2) is 33.9 Å². The molecule has 4 nitrogen and oxygen atoms in total. The summed E-state index contributed by atoms with van der Waals surface area (Å²) in [4.78, 5) is 24.2. The Bertz CT molecular complexity index is 765. The number of benzene rings is 1. The summed E-state index contributed by atoms with van der Waals surface area (Å²) < 4.78 is 0. The number of hydrogen-bond donors (Lipinski definition) is 0. The first-order chi connectivity index (χ1) is 12.7. The molecular formula is C22H27N3O. The van der Waals surface area contributed by atoms with E-state index in [1.807, 2.05) is 12.3 Å². The molecule has 26 heavy (non-hydrogen) atoms. The molecule has 1 aromatic heterocycles. The molecule has 1 saturated carbocycles. The van der Waals surface area contributed by atoms with E-state index in [4.69, 9.17) is 4.98 Å². The number of hydrogen-bond acceptors (Lipinski definition) is 3. The molecule has 1 atom stereocenters. The van der Waals surface area contributed by atoms with Crippen molar-refractivity contribution in [3.8, 4) is 11.4 Å². The van der Waals surface area contributed by atoms with Crippen molar-refractivity contribution in [2.24, 2.45) is 5.92 Å². The van der Waals surface area contributed by atoms with Gasteiger partial charge >= 0.3 is 0 Å². The topological polar surface area (TPSA) is 46.1 Å². The van der Waals surface area contributed by atoms with Crippen LogP contribution in [-0.2, 0) is 4.79 Å². The molecule has 4 rings (SSSR count). The lowest BCUT2D eigenvalue weighted by Gasteiger charge is -2.34. The quantitative estimate of drug-likeness (QED) is 0.828. The maximum absolute atomic E-state index is 12.8. The van der Waals surface area contributed by atoms with Crippen molar-refractivity contribution in [2.75, 3.05) is 13.1 Å². The molecule has 2 aliphatic rings. The van der Waals surface area contributed by atoms with Gasteiger partial charge in [0.05, 0.1) is 0 Å². The van der Waals surface area contributed by atoms with Gasteiger partial charge in [0.25, 0.3) is 0 Å². The molecule has 1 amide bonds. The van der Waals surface area contributed by atoms with E-state index < -0.39 is 0 Å². The summed E-state index contributed by atoms with van der Waals surface area (Å²) >= 11 is 0. The van der Waals surface area contributed by atoms with Crippen LogP contribution in [0.5, 0.6) is 0 Å². The van der Waals surface area contributed by atoms with Crippen LogP contribution in [0.25, 0.3) is 11.4 Å². The van der Waals surface area contributed by atoms with E-state index in [1.165, 1.54) is 18.4 Å². The second-order valence-electron chi connectivity index (χ2n) is 7.78. The zero-order valence-electron chi connectivity index (χ0n) is 15.5. The minimum absolute atomic E-state index is 0.266. The van der Waals surface area contributed by atoms with Gasteiger partial charge in [-0.3, -0.25) is 4.79 Å². The number of aryl methyl sites for hydroxylation is 1. The van der Waals surface area contributed by atoms with Crippen LogP contribution in [0.3, 0.4) is 0 Å². The van der Waals surface area contributed by atoms with Crippen LogP contribution in [0, 0.1) is 12.8 Å². The van der Waals surface area contributed by atoms with Crippen LogP contribution < -0.4 is 0 Å². The Balaban J connectivity index is 1.50. The van der Waals surface area contributed by atoms with Crippen LogP contribution in [0.4, 0.5) is 0 Å². The molecule has 4 heteroatoms. The van der Waals surface area contributed by atoms with Crippen molar-refractivity contribution in [3.05, 3.63) is 47.8 Å². The van der Waals surface area contributed by atoms with E-state index in [1.54, 1.807) is 0 Å². The molecule has 2 heterocycles. The minimum Gasteiger partial charge on any atom is -0.342 e. The van der Waals surface area contributed by atoms with Gasteiger partial charge in [-0.05, 0) is 38.7 Å². The highest BCUT2D eigenvalue weighted by Gasteiger charge is 2.31. The summed E-state index contributed by atoms with van der Waals surface area (Å²) in [6, 6.07) is 10.4. The molecule has 0 spiro atoms. The Morgan fingerprint density at radius 3 is 2.58 bits per heavy atom. The third-order valence-electron chi connectivity index (χ3n) is 5.84. The number of amides is 1. The Morgan fingerprint density at radius 2 is 1.81 bits per heavy atom. The number of carbonyl (C=O) groups is 1. The maximum atomic E-state index is 12.8. The number of likely N-dealkylation sites (tertiary alicyclic amines) is 1. The van der Waals surface area contributed by atoms with Gasteiger partial charge in [0.2, 0.25) is 5.91 Å². The lowest BCUT2D eigenvalue weighted by molar-refractivity contribution is -0.136. The average molecular weight is 349 g/mol. The number of carbonyl (C=O) groups excluding carboxylic acids is 1. The molecular weight excluding hydrogens is 322 g/mol. The zero-order valence-corrected chi connectivity index (χ0v) is 15.5. The molecule has 1 aliphatic carbocycles. The van der Waals surface area contributed by atoms with Gasteiger partial charge in [0.1, 0.15) is 0 Å². The van der Waals surface area contributed by atoms with Gasteiger partial charge < -0.3 is 4.90 Å². The Morgan fingerprint density at radius 1 is 1.04 bits per heavy atom. The Kier molecular flexibility index (Phi) is 5.00. The van der Waals surface area contributed by atoms with E-state index in [9.17, 15) is 4.79 Å². The smallest absolute Gasteiger partial charge is 0.225 e. The fourth-order valence-electron chi connectivity index (χ4n) is 4.29. The highest BCUT2D eigenvalue weighted by Crippen LogP contribution is 2.31. The average Bonchev–Trinajstić information content (AvgIpc) is 3.23. The van der Waals surface area contributed by atoms with Crippen molar-refractivity contribution < 1.29 is 4.79 Å². The third kappa shape index (κ3) is 3.64. The molecule has 1 aliphatic heterocycles. The van der Waals surface area contributed by atoms with Crippen molar-refractivity contribution in [3.63, 3.8) is 0 Å². The largest absolute Gasteiger partial charge is 0.342 e. The molecule has 1 saturated heterocycles. The predicted molar refractivity (Wildman–Crippen MR) is 103 cm³/mol. The van der Waals surface area contributed by atoms with E-state index in [-0.39, 0.29) is 5.92 Å². The lowest BCUT2D eigenvalue weighted by atomic mass is 9.93. The van der Waals surface area contributed by atoms with Crippen molar-refractivity contribution in [1.29, 1.82) is 0 Å². The van der Waals surface area contributed by atoms with Crippen LogP contribution in [0.2, 0.25) is 0 Å². The standard InChI is InChI=1S/C22H27N3O/c1-16-8-10-17(11-9-16)21-23-13-12-20(24-21)19-7-4-14-25(15-19)22(26)18-5-2-3-6-18/h8-13,18-19H,2-7,14-15H2,1H3. The third-order valence-corrected chi connectivity index (χ3v) is 5.84. The summed E-state index contributed by atoms with van der Waals surface area (Å²) in [5.74, 6) is 1.74. The van der Waals surface area contributed by atoms with Crippen molar-refractivity contribution in [2.45, 2.75) is 51.4 Å². The second-order valence-corrected chi connectivity index (χ2v) is 7.78. The SMILES string of the molecule is Cc1ccc(-c2nccc(C3CCCN(C(=O)C4CCCC4)C3)n2)cc1. The van der Waals surface area contributed by atoms with Crippen LogP contribution in [0.15, 0.2) is 36.5 Å². The van der Waals surface area contributed by atoms with Gasteiger partial charge in [-0.15, -0.1) is 0 Å². The summed E-state index contributed by atoms with van der Waals surface area (Å²) in [5.41, 5.74) is 3.35. The first-order valence-electron chi connectivity index (χ1n) is 9.89. The van der Waals surface area contributed by atoms with E-state index in [0.29, 0.717) is 11.8 Å². The fourth-order valence-corrected chi connectivity index (χ4v) is 4.29. The van der Waals surface area contributed by atoms with E-state index in [2.05, 4.69) is 41.1 Å². The normalized spacial score (nSPS) is 21.1. The van der Waals surface area contributed by atoms with Crippen LogP contribution in [0.1, 0.15) is 55.7 Å². The van der Waals surface area contributed by atoms with Gasteiger partial charge in [-0.2, -0.15) is 0 Å². The number of aromatic nitrogens is 2. The molecule has 1 unspecified atom stereocenters. The Hall–Kier alpha value is -2.23. The first kappa shape index (κ1) is 17.2. The van der Waals surface area contributed by atoms with E-state index in [0.717, 1.165) is 55.9 Å². The molecule has 0 radical (unpaired) electrons. The van der Waals surface area contributed by atoms with Gasteiger partial charge in [-0.1, -0.05) is 42.7 Å². The number of piperidine rings is 1. The molecule has 2 fully saturated rings. The lowest BCUT2D eigenvalue weighted by Crippen LogP contribution is -2.42. The summed E-state index contributed by atoms with van der Waals surface area (Å²) in [5, 5.41) is 0. The molecule has 136 valence electrons. The van der Waals surface area contributed by atoms with Gasteiger partial charge in [-0.25, -0.2) is 9.97 Å². The zero-order chi connectivity index (χ0) is 17.9. The molecule has 0 bridgehead atoms. The maximum Gasteiger partial charge on any atom is 0.225 e. The monoisotopic (exact) mass is 349 g/mol. The Labute approximate surface area is 155 Å². The fraction of sp³-hybridized carbons (Fsp3) is 0.500. The summed E-state index contributed by atoms with van der Waals surface area (Å²) in [6.45, 7) is 3.79. The summed E-state index contributed by atoms with van der Waals surface area (Å²) in [7, 11) is 0. The highest BCUT2D eigenvalue weighted by atomic mass is 16.2. The molecule has 0 N–H and O–H groups in total. The predicted octanol–water partition coefficient (Wildman–Crippen LogP) is 4.35. The first-order valence-corrected chi connectivity index (χ1v) is 9.89. The van der Waals surface area contributed by atoms with Crippen molar-refractivity contribution >= 4 is 5.91 Å². The highest BCUT2D eigenvalue weighted by molar-refractivity contribution is 5.79. The van der Waals surface area contributed by atoms with Crippen LogP contribution >= 0.6 is 0 Å². The minimum atomic E-state index is 0.266.